The zero-order valence-corrected chi connectivity index (χ0v) is 29.1. The summed E-state index contributed by atoms with van der Waals surface area (Å²) in [4.78, 5) is 35.1. The van der Waals surface area contributed by atoms with Crippen molar-refractivity contribution in [3.05, 3.63) is 76.4 Å². The van der Waals surface area contributed by atoms with Crippen LogP contribution in [-0.4, -0.2) is 97.8 Å². The second-order valence-corrected chi connectivity index (χ2v) is 12.1. The summed E-state index contributed by atoms with van der Waals surface area (Å²) in [5.41, 5.74) is 3.09. The van der Waals surface area contributed by atoms with E-state index < -0.39 is 0 Å². The fourth-order valence-corrected chi connectivity index (χ4v) is 6.92. The largest absolute Gasteiger partial charge is 0.492 e. The van der Waals surface area contributed by atoms with E-state index in [4.69, 9.17) is 37.6 Å². The van der Waals surface area contributed by atoms with Crippen molar-refractivity contribution in [1.29, 1.82) is 0 Å². The number of methoxy groups -OCH3 is 1. The molecule has 6 rings (SSSR count). The summed E-state index contributed by atoms with van der Waals surface area (Å²) in [5, 5.41) is 2.87. The zero-order valence-electron chi connectivity index (χ0n) is 26.3. The van der Waals surface area contributed by atoms with Crippen molar-refractivity contribution < 1.29 is 14.3 Å². The van der Waals surface area contributed by atoms with Gasteiger partial charge in [0.15, 0.2) is 5.76 Å². The summed E-state index contributed by atoms with van der Waals surface area (Å²) < 4.78 is 11.4. The third kappa shape index (κ3) is 7.13. The van der Waals surface area contributed by atoms with Crippen LogP contribution in [0.3, 0.4) is 0 Å². The summed E-state index contributed by atoms with van der Waals surface area (Å²) in [6.45, 7) is 15.9. The van der Waals surface area contributed by atoms with Crippen LogP contribution in [0.4, 0.5) is 11.5 Å². The molecule has 3 aliphatic rings. The standard InChI is InChI=1S/C33H38ClN7O3.2H2S/c1-22(43-4)32(42)41-17-16-40(19-25(41)18-35-2)31-26-13-15-39(29-12-6-9-23-8-5-11-27(34)30(23)29)20-28(26)36-33(37-31)44-21-24-10-7-14-38(24)3;;/h5-6,8-9,11-12,24-25H,1,7,10,13-21H2,3-4H3;2*1H2/t24-,25-;;/m0../s1. The molecule has 46 heavy (non-hydrogen) atoms. The lowest BCUT2D eigenvalue weighted by molar-refractivity contribution is -0.132. The summed E-state index contributed by atoms with van der Waals surface area (Å²) >= 11 is 6.71. The lowest BCUT2D eigenvalue weighted by atomic mass is 10.0. The maximum atomic E-state index is 13.0. The minimum Gasteiger partial charge on any atom is -0.492 e. The number of likely N-dealkylation sites (N-methyl/N-ethyl adjacent to an activating group) is 1. The molecule has 0 N–H and O–H groups in total. The minimum absolute atomic E-state index is 0. The smallest absolute Gasteiger partial charge is 0.318 e. The van der Waals surface area contributed by atoms with Crippen LogP contribution >= 0.6 is 38.6 Å². The van der Waals surface area contributed by atoms with E-state index in [0.29, 0.717) is 44.8 Å². The van der Waals surface area contributed by atoms with Crippen LogP contribution in [0.1, 0.15) is 24.1 Å². The van der Waals surface area contributed by atoms with E-state index in [-0.39, 0.29) is 51.2 Å². The maximum Gasteiger partial charge on any atom is 0.318 e. The van der Waals surface area contributed by atoms with Crippen LogP contribution in [0.5, 0.6) is 6.01 Å². The molecule has 2 fully saturated rings. The van der Waals surface area contributed by atoms with E-state index >= 15 is 0 Å². The van der Waals surface area contributed by atoms with Gasteiger partial charge < -0.3 is 33.9 Å². The summed E-state index contributed by atoms with van der Waals surface area (Å²) in [7, 11) is 3.57. The van der Waals surface area contributed by atoms with Crippen LogP contribution in [0.2, 0.25) is 5.02 Å². The van der Waals surface area contributed by atoms with Gasteiger partial charge in [0.05, 0.1) is 24.4 Å². The number of carbonyl (C=O) groups excluding carboxylic acids is 1. The van der Waals surface area contributed by atoms with Gasteiger partial charge in [-0.15, -0.1) is 0 Å². The molecule has 13 heteroatoms. The first kappa shape index (κ1) is 35.5. The molecule has 10 nitrogen and oxygen atoms in total. The van der Waals surface area contributed by atoms with Gasteiger partial charge >= 0.3 is 6.01 Å². The van der Waals surface area contributed by atoms with Crippen molar-refractivity contribution in [3.8, 4) is 6.01 Å². The number of hydrogen-bond donors (Lipinski definition) is 0. The van der Waals surface area contributed by atoms with Crippen LogP contribution < -0.4 is 14.5 Å². The lowest BCUT2D eigenvalue weighted by Crippen LogP contribution is -2.57. The zero-order chi connectivity index (χ0) is 30.8. The number of ether oxygens (including phenoxy) is 2. The number of piperazine rings is 1. The third-order valence-electron chi connectivity index (χ3n) is 9.10. The second-order valence-electron chi connectivity index (χ2n) is 11.7. The summed E-state index contributed by atoms with van der Waals surface area (Å²) in [6, 6.07) is 12.6. The molecular weight excluding hydrogens is 642 g/mol. The van der Waals surface area contributed by atoms with Crippen molar-refractivity contribution in [2.75, 3.05) is 69.8 Å². The highest BCUT2D eigenvalue weighted by molar-refractivity contribution is 7.59. The first-order chi connectivity index (χ1) is 21.4. The molecule has 0 bridgehead atoms. The van der Waals surface area contributed by atoms with Gasteiger partial charge in [-0.1, -0.05) is 42.4 Å². The Kier molecular flexibility index (Phi) is 11.9. The molecule has 2 atom stereocenters. The van der Waals surface area contributed by atoms with Crippen molar-refractivity contribution in [1.82, 2.24) is 19.8 Å². The Balaban J connectivity index is 0.00000240. The molecule has 2 aromatic carbocycles. The van der Waals surface area contributed by atoms with Crippen molar-refractivity contribution in [2.45, 2.75) is 37.9 Å². The molecule has 0 saturated carbocycles. The van der Waals surface area contributed by atoms with Crippen molar-refractivity contribution >= 4 is 66.8 Å². The fourth-order valence-electron chi connectivity index (χ4n) is 6.64. The molecule has 2 saturated heterocycles. The Morgan fingerprint density at radius 3 is 2.59 bits per heavy atom. The average Bonchev–Trinajstić information content (AvgIpc) is 3.46. The van der Waals surface area contributed by atoms with E-state index in [1.54, 1.807) is 4.90 Å². The first-order valence-electron chi connectivity index (χ1n) is 15.1. The lowest BCUT2D eigenvalue weighted by Gasteiger charge is -2.41. The number of aromatic nitrogens is 2. The van der Waals surface area contributed by atoms with E-state index in [9.17, 15) is 4.79 Å². The van der Waals surface area contributed by atoms with Gasteiger partial charge in [0.2, 0.25) is 6.54 Å². The minimum atomic E-state index is -0.319. The Hall–Kier alpha value is -3.37. The monoisotopic (exact) mass is 683 g/mol. The number of hydrogen-bond acceptors (Lipinski definition) is 8. The number of likely N-dealkylation sites (tertiary alicyclic amines) is 1. The number of rotatable bonds is 8. The number of amides is 1. The Morgan fingerprint density at radius 1 is 1.09 bits per heavy atom. The topological polar surface area (TPSA) is 78.6 Å². The molecule has 3 aromatic rings. The number of halogens is 1. The average molecular weight is 684 g/mol. The van der Waals surface area contributed by atoms with E-state index in [0.717, 1.165) is 70.9 Å². The third-order valence-corrected chi connectivity index (χ3v) is 9.42. The van der Waals surface area contributed by atoms with Crippen LogP contribution in [0, 0.1) is 6.57 Å². The fraction of sp³-hybridized carbons (Fsp3) is 0.455. The molecule has 3 aliphatic heterocycles. The molecule has 1 amide bonds. The van der Waals surface area contributed by atoms with Gasteiger partial charge in [-0.25, -0.2) is 6.57 Å². The normalized spacial score (nSPS) is 19.5. The number of fused-ring (bicyclic) bond motifs is 2. The maximum absolute atomic E-state index is 13.0. The molecule has 246 valence electrons. The van der Waals surface area contributed by atoms with E-state index in [2.05, 4.69) is 57.4 Å². The second kappa shape index (κ2) is 15.5. The molecule has 0 spiro atoms. The highest BCUT2D eigenvalue weighted by Crippen LogP contribution is 2.37. The molecule has 0 aliphatic carbocycles. The molecule has 0 unspecified atom stereocenters. The van der Waals surface area contributed by atoms with Crippen LogP contribution in [-0.2, 0) is 22.5 Å². The Bertz CT molecular complexity index is 1610. The van der Waals surface area contributed by atoms with Gasteiger partial charge in [0, 0.05) is 48.9 Å². The highest BCUT2D eigenvalue weighted by Gasteiger charge is 2.36. The highest BCUT2D eigenvalue weighted by atomic mass is 35.5. The van der Waals surface area contributed by atoms with Gasteiger partial charge in [0.1, 0.15) is 18.5 Å². The van der Waals surface area contributed by atoms with Gasteiger partial charge in [-0.05, 0) is 50.4 Å². The number of nitrogens with zero attached hydrogens (tertiary/aromatic N) is 7. The molecule has 4 heterocycles. The predicted molar refractivity (Wildman–Crippen MR) is 193 cm³/mol. The van der Waals surface area contributed by atoms with E-state index in [1.807, 2.05) is 12.1 Å². The molecule has 1 aromatic heterocycles. The summed E-state index contributed by atoms with van der Waals surface area (Å²) in [6.07, 6.45) is 2.99. The van der Waals surface area contributed by atoms with Crippen LogP contribution in [0.25, 0.3) is 15.6 Å². The molecule has 0 radical (unpaired) electrons. The van der Waals surface area contributed by atoms with Crippen LogP contribution in [0.15, 0.2) is 48.7 Å². The summed E-state index contributed by atoms with van der Waals surface area (Å²) in [5.74, 6) is 0.627. The van der Waals surface area contributed by atoms with Gasteiger partial charge in [-0.3, -0.25) is 4.79 Å². The Morgan fingerprint density at radius 2 is 1.87 bits per heavy atom. The van der Waals surface area contributed by atoms with E-state index in [1.165, 1.54) is 7.11 Å². The van der Waals surface area contributed by atoms with Gasteiger partial charge in [-0.2, -0.15) is 37.0 Å². The van der Waals surface area contributed by atoms with Gasteiger partial charge in [0.25, 0.3) is 5.91 Å². The number of benzene rings is 2. The Labute approximate surface area is 290 Å². The number of anilines is 2. The SMILES string of the molecule is S.S.[C-]#[N+]C[C@H]1CN(c2nc(OC[C@@H]3CCCN3C)nc3c2CCN(c2cccc4cccc(Cl)c24)C3)CCN1C(=O)C(=C)OC. The predicted octanol–water partition coefficient (Wildman–Crippen LogP) is 4.64. The van der Waals surface area contributed by atoms with Crippen molar-refractivity contribution in [2.24, 2.45) is 0 Å². The first-order valence-corrected chi connectivity index (χ1v) is 15.5. The van der Waals surface area contributed by atoms with Crippen molar-refractivity contribution in [3.63, 3.8) is 0 Å². The number of carbonyl (C=O) groups is 1. The quantitative estimate of drug-likeness (QED) is 0.193. The molecular formula is C33H42ClN7O3S2.